The highest BCUT2D eigenvalue weighted by Crippen LogP contribution is 2.25. The lowest BCUT2D eigenvalue weighted by Crippen LogP contribution is -2.29. The number of carbonyl (C=O) groups is 2. The molecule has 0 spiro atoms. The highest BCUT2D eigenvalue weighted by atomic mass is 19.3. The molecule has 0 fully saturated rings. The predicted molar refractivity (Wildman–Crippen MR) is 83.1 cm³/mol. The number of amides is 2. The molecule has 0 bridgehead atoms. The Labute approximate surface area is 145 Å². The van der Waals surface area contributed by atoms with Crippen molar-refractivity contribution in [1.82, 2.24) is 20.1 Å². The van der Waals surface area contributed by atoms with E-state index in [1.165, 1.54) is 6.20 Å². The van der Waals surface area contributed by atoms with Crippen LogP contribution in [-0.4, -0.2) is 31.9 Å². The van der Waals surface area contributed by atoms with Gasteiger partial charge in [0.2, 0.25) is 5.89 Å². The van der Waals surface area contributed by atoms with E-state index in [2.05, 4.69) is 15.2 Å². The van der Waals surface area contributed by atoms with Gasteiger partial charge in [-0.05, 0) is 24.3 Å². The van der Waals surface area contributed by atoms with Crippen molar-refractivity contribution in [3.63, 3.8) is 0 Å². The molecule has 0 radical (unpaired) electrons. The second-order valence-electron chi connectivity index (χ2n) is 5.53. The normalized spacial score (nSPS) is 13.6. The van der Waals surface area contributed by atoms with Gasteiger partial charge in [-0.2, -0.15) is 8.78 Å². The number of fused-ring (bicyclic) bond motifs is 1. The molecule has 9 heteroatoms. The monoisotopic (exact) mass is 356 g/mol. The molecule has 0 aliphatic carbocycles. The fourth-order valence-electron chi connectivity index (χ4n) is 2.63. The van der Waals surface area contributed by atoms with Gasteiger partial charge in [-0.15, -0.1) is 10.2 Å². The van der Waals surface area contributed by atoms with Gasteiger partial charge in [-0.25, -0.2) is 0 Å². The van der Waals surface area contributed by atoms with Crippen LogP contribution in [0.15, 0.2) is 47.0 Å². The van der Waals surface area contributed by atoms with Crippen molar-refractivity contribution in [3.05, 3.63) is 65.3 Å². The van der Waals surface area contributed by atoms with Crippen molar-refractivity contribution in [1.29, 1.82) is 0 Å². The summed E-state index contributed by atoms with van der Waals surface area (Å²) in [6.45, 7) is -0.00125. The molecule has 1 aliphatic rings. The first kappa shape index (κ1) is 16.0. The van der Waals surface area contributed by atoms with E-state index in [4.69, 9.17) is 4.42 Å². The summed E-state index contributed by atoms with van der Waals surface area (Å²) in [5, 5.41) is 6.79. The highest BCUT2D eigenvalue weighted by molar-refractivity contribution is 6.21. The van der Waals surface area contributed by atoms with Gasteiger partial charge < -0.3 is 4.42 Å². The summed E-state index contributed by atoms with van der Waals surface area (Å²) < 4.78 is 29.8. The average Bonchev–Trinajstić information content (AvgIpc) is 3.23. The van der Waals surface area contributed by atoms with Crippen LogP contribution in [0, 0.1) is 0 Å². The maximum absolute atomic E-state index is 12.5. The van der Waals surface area contributed by atoms with Crippen molar-refractivity contribution in [2.45, 2.75) is 13.0 Å². The number of imide groups is 1. The van der Waals surface area contributed by atoms with Crippen LogP contribution in [0.2, 0.25) is 0 Å². The summed E-state index contributed by atoms with van der Waals surface area (Å²) in [5.41, 5.74) is 1.53. The standard InChI is InChI=1S/C17H10F2N4O3/c18-13(19)15-22-21-14(26-15)9-5-6-10(20-7-9)8-23-16(24)11-3-1-2-4-12(11)17(23)25/h1-7,13H,8H2. The summed E-state index contributed by atoms with van der Waals surface area (Å²) in [7, 11) is 0. The topological polar surface area (TPSA) is 89.2 Å². The smallest absolute Gasteiger partial charge is 0.314 e. The van der Waals surface area contributed by atoms with Crippen LogP contribution in [0.3, 0.4) is 0 Å². The molecule has 7 nitrogen and oxygen atoms in total. The lowest BCUT2D eigenvalue weighted by atomic mass is 10.1. The molecule has 0 N–H and O–H groups in total. The summed E-state index contributed by atoms with van der Waals surface area (Å²) in [6, 6.07) is 9.69. The Morgan fingerprint density at radius 1 is 1.00 bits per heavy atom. The third-order valence-corrected chi connectivity index (χ3v) is 3.90. The van der Waals surface area contributed by atoms with E-state index in [0.717, 1.165) is 4.90 Å². The SMILES string of the molecule is O=C1c2ccccc2C(=O)N1Cc1ccc(-c2nnc(C(F)F)o2)cn1. The first-order chi connectivity index (χ1) is 12.5. The van der Waals surface area contributed by atoms with Gasteiger partial charge >= 0.3 is 6.43 Å². The van der Waals surface area contributed by atoms with Crippen LogP contribution < -0.4 is 0 Å². The Morgan fingerprint density at radius 3 is 2.23 bits per heavy atom. The molecule has 2 amide bonds. The van der Waals surface area contributed by atoms with Crippen LogP contribution in [0.25, 0.3) is 11.5 Å². The number of nitrogens with zero attached hydrogens (tertiary/aromatic N) is 4. The summed E-state index contributed by atoms with van der Waals surface area (Å²) in [4.78, 5) is 29.9. The lowest BCUT2D eigenvalue weighted by Gasteiger charge is -2.13. The number of benzene rings is 1. The third kappa shape index (κ3) is 2.63. The Bertz CT molecular complexity index is 966. The number of aromatic nitrogens is 3. The second kappa shape index (κ2) is 6.10. The lowest BCUT2D eigenvalue weighted by molar-refractivity contribution is 0.0640. The zero-order chi connectivity index (χ0) is 18.3. The fraction of sp³-hybridized carbons (Fsp3) is 0.118. The van der Waals surface area contributed by atoms with Crippen molar-refractivity contribution < 1.29 is 22.8 Å². The van der Waals surface area contributed by atoms with Gasteiger partial charge in [0.15, 0.2) is 0 Å². The van der Waals surface area contributed by atoms with E-state index in [-0.39, 0.29) is 24.2 Å². The predicted octanol–water partition coefficient (Wildman–Crippen LogP) is 2.87. The molecular weight excluding hydrogens is 346 g/mol. The zero-order valence-electron chi connectivity index (χ0n) is 13.1. The van der Waals surface area contributed by atoms with Gasteiger partial charge in [0.1, 0.15) is 0 Å². The number of halogens is 2. The molecule has 130 valence electrons. The molecule has 0 saturated carbocycles. The molecule has 3 aromatic rings. The van der Waals surface area contributed by atoms with E-state index >= 15 is 0 Å². The maximum Gasteiger partial charge on any atom is 0.314 e. The molecule has 0 unspecified atom stereocenters. The van der Waals surface area contributed by atoms with Crippen LogP contribution in [0.4, 0.5) is 8.78 Å². The first-order valence-corrected chi connectivity index (χ1v) is 7.56. The molecule has 26 heavy (non-hydrogen) atoms. The first-order valence-electron chi connectivity index (χ1n) is 7.56. The summed E-state index contributed by atoms with van der Waals surface area (Å²) in [5.74, 6) is -1.61. The zero-order valence-corrected chi connectivity index (χ0v) is 13.1. The maximum atomic E-state index is 12.5. The molecule has 4 rings (SSSR count). The number of rotatable bonds is 4. The van der Waals surface area contributed by atoms with Crippen molar-refractivity contribution in [2.75, 3.05) is 0 Å². The second-order valence-corrected chi connectivity index (χ2v) is 5.53. The van der Waals surface area contributed by atoms with Gasteiger partial charge in [0, 0.05) is 6.20 Å². The molecule has 0 atom stereocenters. The Morgan fingerprint density at radius 2 is 1.69 bits per heavy atom. The van der Waals surface area contributed by atoms with Crippen molar-refractivity contribution >= 4 is 11.8 Å². The van der Waals surface area contributed by atoms with E-state index in [1.54, 1.807) is 36.4 Å². The minimum atomic E-state index is -2.85. The number of pyridine rings is 1. The van der Waals surface area contributed by atoms with E-state index in [1.807, 2.05) is 0 Å². The Hall–Kier alpha value is -3.49. The number of hydrogen-bond acceptors (Lipinski definition) is 6. The van der Waals surface area contributed by atoms with Crippen LogP contribution in [0.1, 0.15) is 38.7 Å². The van der Waals surface area contributed by atoms with Gasteiger partial charge in [0.25, 0.3) is 17.7 Å². The number of carbonyl (C=O) groups excluding carboxylic acids is 2. The van der Waals surface area contributed by atoms with Gasteiger partial charge in [-0.1, -0.05) is 12.1 Å². The largest absolute Gasteiger partial charge is 0.415 e. The fourth-order valence-corrected chi connectivity index (χ4v) is 2.63. The van der Waals surface area contributed by atoms with E-state index in [0.29, 0.717) is 22.4 Å². The van der Waals surface area contributed by atoms with Crippen molar-refractivity contribution in [2.24, 2.45) is 0 Å². The molecule has 0 saturated heterocycles. The van der Waals surface area contributed by atoms with Gasteiger partial charge in [0.05, 0.1) is 28.9 Å². The number of hydrogen-bond donors (Lipinski definition) is 0. The minimum Gasteiger partial charge on any atom is -0.415 e. The molecule has 2 aromatic heterocycles. The summed E-state index contributed by atoms with van der Waals surface area (Å²) >= 11 is 0. The van der Waals surface area contributed by atoms with E-state index in [9.17, 15) is 18.4 Å². The van der Waals surface area contributed by atoms with Gasteiger partial charge in [-0.3, -0.25) is 19.5 Å². The Balaban J connectivity index is 1.53. The highest BCUT2D eigenvalue weighted by Gasteiger charge is 2.35. The number of alkyl halides is 2. The van der Waals surface area contributed by atoms with Crippen molar-refractivity contribution in [3.8, 4) is 11.5 Å². The molecule has 1 aliphatic heterocycles. The van der Waals surface area contributed by atoms with Crippen LogP contribution in [-0.2, 0) is 6.54 Å². The van der Waals surface area contributed by atoms with Crippen LogP contribution >= 0.6 is 0 Å². The quantitative estimate of drug-likeness (QED) is 0.668. The molecule has 1 aromatic carbocycles. The van der Waals surface area contributed by atoms with Crippen LogP contribution in [0.5, 0.6) is 0 Å². The molecular formula is C17H10F2N4O3. The minimum absolute atomic E-state index is 0.00125. The van der Waals surface area contributed by atoms with E-state index < -0.39 is 12.3 Å². The Kier molecular flexibility index (Phi) is 3.76. The third-order valence-electron chi connectivity index (χ3n) is 3.90. The molecule has 3 heterocycles. The average molecular weight is 356 g/mol. The summed E-state index contributed by atoms with van der Waals surface area (Å²) in [6.07, 6.45) is -1.49.